The van der Waals surface area contributed by atoms with Crippen LogP contribution in [0.25, 0.3) is 0 Å². The Kier molecular flexibility index (Phi) is 4.56. The van der Waals surface area contributed by atoms with Crippen molar-refractivity contribution in [1.29, 1.82) is 0 Å². The summed E-state index contributed by atoms with van der Waals surface area (Å²) in [5.74, 6) is -0.827. The van der Waals surface area contributed by atoms with Crippen LogP contribution < -0.4 is 4.74 Å². The maximum atomic E-state index is 10.7. The van der Waals surface area contributed by atoms with Gasteiger partial charge in [-0.25, -0.2) is 9.78 Å². The molecule has 0 aliphatic carbocycles. The first-order valence-corrected chi connectivity index (χ1v) is 4.64. The number of aromatic carboxylic acids is 1. The van der Waals surface area contributed by atoms with E-state index in [0.717, 1.165) is 0 Å². The molecule has 0 unspecified atom stereocenters. The fraction of sp³-hybridized carbons (Fsp3) is 0.400. The van der Waals surface area contributed by atoms with Gasteiger partial charge in [0.05, 0.1) is 6.61 Å². The highest BCUT2D eigenvalue weighted by atomic mass is 16.5. The Bertz CT molecular complexity index is 327. The van der Waals surface area contributed by atoms with Crippen LogP contribution in [0.3, 0.4) is 0 Å². The number of nitrogens with zero attached hydrogens (tertiary/aromatic N) is 1. The van der Waals surface area contributed by atoms with Crippen molar-refractivity contribution in [3.63, 3.8) is 0 Å². The van der Waals surface area contributed by atoms with Crippen LogP contribution in [-0.4, -0.2) is 35.9 Å². The van der Waals surface area contributed by atoms with Gasteiger partial charge in [-0.3, -0.25) is 0 Å². The van der Waals surface area contributed by atoms with Gasteiger partial charge in [0.1, 0.15) is 6.61 Å². The molecule has 15 heavy (non-hydrogen) atoms. The number of aromatic nitrogens is 1. The predicted molar refractivity (Wildman–Crippen MR) is 53.2 cm³/mol. The molecule has 0 atom stereocenters. The molecule has 0 aromatic carbocycles. The summed E-state index contributed by atoms with van der Waals surface area (Å²) in [5.41, 5.74) is -0.0750. The zero-order valence-electron chi connectivity index (χ0n) is 8.47. The van der Waals surface area contributed by atoms with Crippen molar-refractivity contribution in [3.8, 4) is 5.75 Å². The van der Waals surface area contributed by atoms with Crippen molar-refractivity contribution >= 4 is 5.97 Å². The summed E-state index contributed by atoms with van der Waals surface area (Å²) in [5, 5.41) is 8.79. The van der Waals surface area contributed by atoms with E-state index >= 15 is 0 Å². The van der Waals surface area contributed by atoms with Gasteiger partial charge in [-0.15, -0.1) is 0 Å². The zero-order chi connectivity index (χ0) is 11.1. The lowest BCUT2D eigenvalue weighted by atomic mass is 10.3. The van der Waals surface area contributed by atoms with E-state index in [1.807, 2.05) is 6.92 Å². The van der Waals surface area contributed by atoms with E-state index in [9.17, 15) is 4.79 Å². The smallest absolute Gasteiger partial charge is 0.358 e. The third-order valence-electron chi connectivity index (χ3n) is 1.66. The highest BCUT2D eigenvalue weighted by Crippen LogP contribution is 2.14. The van der Waals surface area contributed by atoms with Gasteiger partial charge >= 0.3 is 5.97 Å². The average Bonchev–Trinajstić information content (AvgIpc) is 2.25. The van der Waals surface area contributed by atoms with E-state index in [4.69, 9.17) is 14.6 Å². The number of pyridine rings is 1. The van der Waals surface area contributed by atoms with Crippen molar-refractivity contribution < 1.29 is 19.4 Å². The predicted octanol–water partition coefficient (Wildman–Crippen LogP) is 1.20. The highest BCUT2D eigenvalue weighted by molar-refractivity contribution is 5.88. The van der Waals surface area contributed by atoms with E-state index in [0.29, 0.717) is 19.8 Å². The number of carboxylic acid groups (broad SMARTS) is 1. The highest BCUT2D eigenvalue weighted by Gasteiger charge is 2.11. The van der Waals surface area contributed by atoms with Crippen LogP contribution in [0, 0.1) is 0 Å². The lowest BCUT2D eigenvalue weighted by molar-refractivity contribution is 0.0679. The van der Waals surface area contributed by atoms with Gasteiger partial charge in [0, 0.05) is 12.8 Å². The van der Waals surface area contributed by atoms with Crippen LogP contribution >= 0.6 is 0 Å². The monoisotopic (exact) mass is 211 g/mol. The number of carbonyl (C=O) groups is 1. The van der Waals surface area contributed by atoms with Gasteiger partial charge in [-0.1, -0.05) is 0 Å². The molecule has 0 aliphatic rings. The molecule has 1 heterocycles. The molecule has 5 nitrogen and oxygen atoms in total. The van der Waals surface area contributed by atoms with Crippen molar-refractivity contribution in [1.82, 2.24) is 4.98 Å². The minimum Gasteiger partial charge on any atom is -0.489 e. The normalized spacial score (nSPS) is 9.93. The summed E-state index contributed by atoms with van der Waals surface area (Å²) in [7, 11) is 0. The second kappa shape index (κ2) is 5.98. The fourth-order valence-corrected chi connectivity index (χ4v) is 1.02. The van der Waals surface area contributed by atoms with Gasteiger partial charge in [-0.2, -0.15) is 0 Å². The second-order valence-electron chi connectivity index (χ2n) is 2.70. The molecular weight excluding hydrogens is 198 g/mol. The van der Waals surface area contributed by atoms with Crippen LogP contribution in [0.5, 0.6) is 5.75 Å². The summed E-state index contributed by atoms with van der Waals surface area (Å²) in [6, 6.07) is 3.20. The first-order chi connectivity index (χ1) is 7.25. The molecule has 0 saturated carbocycles. The first-order valence-electron chi connectivity index (χ1n) is 4.64. The van der Waals surface area contributed by atoms with Gasteiger partial charge < -0.3 is 14.6 Å². The van der Waals surface area contributed by atoms with E-state index in [2.05, 4.69) is 4.98 Å². The third kappa shape index (κ3) is 3.55. The molecule has 1 rings (SSSR count). The SMILES string of the molecule is CCOCCOc1cccnc1C(=O)O. The lowest BCUT2D eigenvalue weighted by Gasteiger charge is -2.07. The van der Waals surface area contributed by atoms with Crippen LogP contribution in [0.15, 0.2) is 18.3 Å². The molecular formula is C10H13NO4. The third-order valence-corrected chi connectivity index (χ3v) is 1.66. The molecule has 1 aromatic rings. The fourth-order valence-electron chi connectivity index (χ4n) is 1.02. The maximum Gasteiger partial charge on any atom is 0.358 e. The van der Waals surface area contributed by atoms with E-state index in [1.54, 1.807) is 12.1 Å². The van der Waals surface area contributed by atoms with Crippen molar-refractivity contribution in [2.24, 2.45) is 0 Å². The standard InChI is InChI=1S/C10H13NO4/c1-2-14-6-7-15-8-4-3-5-11-9(8)10(12)13/h3-5H,2,6-7H2,1H3,(H,12,13). The van der Waals surface area contributed by atoms with Crippen LogP contribution in [0.1, 0.15) is 17.4 Å². The number of rotatable bonds is 6. The summed E-state index contributed by atoms with van der Waals surface area (Å²) in [4.78, 5) is 14.4. The molecule has 0 bridgehead atoms. The maximum absolute atomic E-state index is 10.7. The van der Waals surface area contributed by atoms with Crippen LogP contribution in [0.4, 0.5) is 0 Å². The Morgan fingerprint density at radius 2 is 2.33 bits per heavy atom. The zero-order valence-corrected chi connectivity index (χ0v) is 8.47. The molecule has 0 saturated heterocycles. The molecule has 0 fully saturated rings. The Morgan fingerprint density at radius 1 is 1.53 bits per heavy atom. The topological polar surface area (TPSA) is 68.7 Å². The van der Waals surface area contributed by atoms with Crippen LogP contribution in [-0.2, 0) is 4.74 Å². The molecule has 0 spiro atoms. The van der Waals surface area contributed by atoms with Gasteiger partial charge in [-0.05, 0) is 19.1 Å². The summed E-state index contributed by atoms with van der Waals surface area (Å²) in [6.07, 6.45) is 1.42. The first kappa shape index (κ1) is 11.5. The number of ether oxygens (including phenoxy) is 2. The van der Waals surface area contributed by atoms with Gasteiger partial charge in [0.2, 0.25) is 0 Å². The average molecular weight is 211 g/mol. The Hall–Kier alpha value is -1.62. The molecule has 0 radical (unpaired) electrons. The molecule has 0 amide bonds. The molecule has 0 aliphatic heterocycles. The summed E-state index contributed by atoms with van der Waals surface area (Å²) >= 11 is 0. The molecule has 1 aromatic heterocycles. The summed E-state index contributed by atoms with van der Waals surface area (Å²) in [6.45, 7) is 3.25. The Balaban J connectivity index is 2.56. The molecule has 1 N–H and O–H groups in total. The quantitative estimate of drug-likeness (QED) is 0.716. The number of hydrogen-bond donors (Lipinski definition) is 1. The summed E-state index contributed by atoms with van der Waals surface area (Å²) < 4.78 is 10.3. The van der Waals surface area contributed by atoms with Gasteiger partial charge in [0.15, 0.2) is 11.4 Å². The van der Waals surface area contributed by atoms with Crippen LogP contribution in [0.2, 0.25) is 0 Å². The minimum absolute atomic E-state index is 0.0750. The molecule has 82 valence electrons. The van der Waals surface area contributed by atoms with Crippen molar-refractivity contribution in [2.75, 3.05) is 19.8 Å². The molecule has 5 heteroatoms. The Morgan fingerprint density at radius 3 is 3.00 bits per heavy atom. The van der Waals surface area contributed by atoms with Crippen molar-refractivity contribution in [3.05, 3.63) is 24.0 Å². The number of carboxylic acids is 1. The lowest BCUT2D eigenvalue weighted by Crippen LogP contribution is -2.10. The Labute approximate surface area is 87.7 Å². The van der Waals surface area contributed by atoms with Crippen molar-refractivity contribution in [2.45, 2.75) is 6.92 Å². The van der Waals surface area contributed by atoms with E-state index in [-0.39, 0.29) is 11.4 Å². The number of hydrogen-bond acceptors (Lipinski definition) is 4. The second-order valence-corrected chi connectivity index (χ2v) is 2.70. The largest absolute Gasteiger partial charge is 0.489 e. The van der Waals surface area contributed by atoms with E-state index in [1.165, 1.54) is 6.20 Å². The van der Waals surface area contributed by atoms with E-state index < -0.39 is 5.97 Å². The minimum atomic E-state index is -1.10. The van der Waals surface area contributed by atoms with Gasteiger partial charge in [0.25, 0.3) is 0 Å².